The molecule has 1 N–H and O–H groups in total. The molecule has 1 aliphatic rings. The summed E-state index contributed by atoms with van der Waals surface area (Å²) in [5, 5.41) is 0. The zero-order valence-electron chi connectivity index (χ0n) is 19.6. The first kappa shape index (κ1) is 24.9. The third kappa shape index (κ3) is 6.42. The Kier molecular flexibility index (Phi) is 7.59. The molecule has 2 aromatic carbocycles. The van der Waals surface area contributed by atoms with Crippen LogP contribution in [-0.2, 0) is 31.5 Å². The van der Waals surface area contributed by atoms with Gasteiger partial charge in [0.15, 0.2) is 6.10 Å². The van der Waals surface area contributed by atoms with Crippen LogP contribution >= 0.6 is 0 Å². The van der Waals surface area contributed by atoms with Crippen LogP contribution < -0.4 is 4.72 Å². The number of amides is 1. The van der Waals surface area contributed by atoms with E-state index in [9.17, 15) is 18.0 Å². The van der Waals surface area contributed by atoms with Crippen LogP contribution in [0.3, 0.4) is 0 Å². The number of hydrogen-bond acceptors (Lipinski definition) is 5. The molecule has 1 fully saturated rings. The number of benzene rings is 2. The SMILES string of the molecule is CC(OC(=O)c1ccc(CNS(=O)(=O)c2ccc(C(C)(C)C)cc2)cc1)C(=O)N1CCCC1. The first-order valence-corrected chi connectivity index (χ1v) is 12.6. The monoisotopic (exact) mass is 472 g/mol. The van der Waals surface area contributed by atoms with Crippen LogP contribution in [0, 0.1) is 0 Å². The van der Waals surface area contributed by atoms with Crippen molar-refractivity contribution in [1.82, 2.24) is 9.62 Å². The molecule has 1 aliphatic heterocycles. The van der Waals surface area contributed by atoms with Crippen molar-refractivity contribution in [2.24, 2.45) is 0 Å². The van der Waals surface area contributed by atoms with E-state index >= 15 is 0 Å². The highest BCUT2D eigenvalue weighted by molar-refractivity contribution is 7.89. The Morgan fingerprint density at radius 2 is 1.58 bits per heavy atom. The lowest BCUT2D eigenvalue weighted by molar-refractivity contribution is -0.138. The molecule has 1 saturated heterocycles. The molecule has 7 nitrogen and oxygen atoms in total. The van der Waals surface area contributed by atoms with Gasteiger partial charge in [-0.2, -0.15) is 0 Å². The summed E-state index contributed by atoms with van der Waals surface area (Å²) in [7, 11) is -3.66. The zero-order chi connectivity index (χ0) is 24.2. The normalized spacial score (nSPS) is 15.3. The van der Waals surface area contributed by atoms with Gasteiger partial charge < -0.3 is 9.64 Å². The average Bonchev–Trinajstić information content (AvgIpc) is 3.32. The van der Waals surface area contributed by atoms with Crippen LogP contribution in [0.4, 0.5) is 0 Å². The van der Waals surface area contributed by atoms with Gasteiger partial charge in [-0.15, -0.1) is 0 Å². The van der Waals surface area contributed by atoms with Crippen molar-refractivity contribution in [2.45, 2.75) is 63.5 Å². The Balaban J connectivity index is 1.56. The van der Waals surface area contributed by atoms with E-state index in [4.69, 9.17) is 4.74 Å². The fourth-order valence-corrected chi connectivity index (χ4v) is 4.65. The van der Waals surface area contributed by atoms with E-state index in [0.717, 1.165) is 18.4 Å². The topological polar surface area (TPSA) is 92.8 Å². The minimum Gasteiger partial charge on any atom is -0.449 e. The van der Waals surface area contributed by atoms with Gasteiger partial charge in [0.25, 0.3) is 5.91 Å². The number of carbonyl (C=O) groups excluding carboxylic acids is 2. The van der Waals surface area contributed by atoms with Crippen molar-refractivity contribution in [3.05, 3.63) is 65.2 Å². The van der Waals surface area contributed by atoms with Gasteiger partial charge in [-0.05, 0) is 60.6 Å². The maximum absolute atomic E-state index is 12.6. The summed E-state index contributed by atoms with van der Waals surface area (Å²) in [4.78, 5) is 26.6. The molecule has 0 aromatic heterocycles. The van der Waals surface area contributed by atoms with Gasteiger partial charge in [-0.3, -0.25) is 4.79 Å². The number of nitrogens with zero attached hydrogens (tertiary/aromatic N) is 1. The molecule has 0 spiro atoms. The van der Waals surface area contributed by atoms with Gasteiger partial charge in [-0.25, -0.2) is 17.9 Å². The van der Waals surface area contributed by atoms with Crippen LogP contribution in [0.5, 0.6) is 0 Å². The molecular weight excluding hydrogens is 440 g/mol. The lowest BCUT2D eigenvalue weighted by Gasteiger charge is -2.20. The Labute approximate surface area is 196 Å². The molecule has 2 aromatic rings. The van der Waals surface area contributed by atoms with Crippen molar-refractivity contribution in [2.75, 3.05) is 13.1 Å². The van der Waals surface area contributed by atoms with Crippen LogP contribution in [0.25, 0.3) is 0 Å². The number of rotatable bonds is 7. The van der Waals surface area contributed by atoms with Crippen LogP contribution in [0.2, 0.25) is 0 Å². The highest BCUT2D eigenvalue weighted by Gasteiger charge is 2.26. The molecule has 1 amide bonds. The molecule has 0 saturated carbocycles. The number of likely N-dealkylation sites (tertiary alicyclic amines) is 1. The van der Waals surface area contributed by atoms with Gasteiger partial charge in [0.1, 0.15) is 0 Å². The number of esters is 1. The molecule has 1 atom stereocenters. The van der Waals surface area contributed by atoms with E-state index in [0.29, 0.717) is 24.2 Å². The second-order valence-electron chi connectivity index (χ2n) is 9.38. The molecule has 0 aliphatic carbocycles. The van der Waals surface area contributed by atoms with E-state index in [2.05, 4.69) is 25.5 Å². The summed E-state index contributed by atoms with van der Waals surface area (Å²) in [5.41, 5.74) is 2.00. The van der Waals surface area contributed by atoms with Crippen molar-refractivity contribution in [3.63, 3.8) is 0 Å². The van der Waals surface area contributed by atoms with Crippen LogP contribution in [-0.4, -0.2) is 44.4 Å². The van der Waals surface area contributed by atoms with E-state index in [1.54, 1.807) is 48.2 Å². The Morgan fingerprint density at radius 3 is 2.12 bits per heavy atom. The number of ether oxygens (including phenoxy) is 1. The van der Waals surface area contributed by atoms with Crippen LogP contribution in [0.1, 0.15) is 62.0 Å². The smallest absolute Gasteiger partial charge is 0.338 e. The molecular formula is C25H32N2O5S. The summed E-state index contributed by atoms with van der Waals surface area (Å²) in [5.74, 6) is -0.761. The van der Waals surface area contributed by atoms with Gasteiger partial charge in [0.05, 0.1) is 10.5 Å². The molecule has 8 heteroatoms. The first-order chi connectivity index (χ1) is 15.5. The zero-order valence-corrected chi connectivity index (χ0v) is 20.4. The van der Waals surface area contributed by atoms with Gasteiger partial charge in [0.2, 0.25) is 10.0 Å². The van der Waals surface area contributed by atoms with Crippen molar-refractivity contribution in [1.29, 1.82) is 0 Å². The summed E-state index contributed by atoms with van der Waals surface area (Å²) in [6, 6.07) is 13.3. The van der Waals surface area contributed by atoms with Crippen molar-refractivity contribution < 1.29 is 22.7 Å². The Hall–Kier alpha value is -2.71. The summed E-state index contributed by atoms with van der Waals surface area (Å²) in [6.07, 6.45) is 1.10. The Bertz CT molecular complexity index is 1080. The predicted octanol–water partition coefficient (Wildman–Crippen LogP) is 3.63. The second kappa shape index (κ2) is 10.1. The molecule has 33 heavy (non-hydrogen) atoms. The maximum atomic E-state index is 12.6. The molecule has 0 bridgehead atoms. The van der Waals surface area contributed by atoms with E-state index in [-0.39, 0.29) is 22.8 Å². The quantitative estimate of drug-likeness (QED) is 0.621. The first-order valence-electron chi connectivity index (χ1n) is 11.2. The second-order valence-corrected chi connectivity index (χ2v) is 11.1. The number of sulfonamides is 1. The van der Waals surface area contributed by atoms with Gasteiger partial charge >= 0.3 is 5.97 Å². The predicted molar refractivity (Wildman–Crippen MR) is 126 cm³/mol. The highest BCUT2D eigenvalue weighted by atomic mass is 32.2. The van der Waals surface area contributed by atoms with Gasteiger partial charge in [-0.1, -0.05) is 45.0 Å². The van der Waals surface area contributed by atoms with Crippen molar-refractivity contribution >= 4 is 21.9 Å². The fourth-order valence-electron chi connectivity index (χ4n) is 3.63. The highest BCUT2D eigenvalue weighted by Crippen LogP contribution is 2.23. The number of nitrogens with one attached hydrogen (secondary N) is 1. The third-order valence-electron chi connectivity index (χ3n) is 5.74. The number of carbonyl (C=O) groups is 2. The molecule has 0 radical (unpaired) electrons. The summed E-state index contributed by atoms with van der Waals surface area (Å²) >= 11 is 0. The van der Waals surface area contributed by atoms with E-state index < -0.39 is 22.1 Å². The molecule has 3 rings (SSSR count). The summed E-state index contributed by atoms with van der Waals surface area (Å²) < 4.78 is 33.1. The lowest BCUT2D eigenvalue weighted by Crippen LogP contribution is -2.38. The number of hydrogen-bond donors (Lipinski definition) is 1. The maximum Gasteiger partial charge on any atom is 0.338 e. The van der Waals surface area contributed by atoms with E-state index in [1.807, 2.05) is 12.1 Å². The average molecular weight is 473 g/mol. The molecule has 1 heterocycles. The van der Waals surface area contributed by atoms with E-state index in [1.165, 1.54) is 0 Å². The van der Waals surface area contributed by atoms with Crippen LogP contribution in [0.15, 0.2) is 53.4 Å². The van der Waals surface area contributed by atoms with Gasteiger partial charge in [0, 0.05) is 19.6 Å². The minimum atomic E-state index is -3.66. The molecule has 178 valence electrons. The summed E-state index contributed by atoms with van der Waals surface area (Å²) in [6.45, 7) is 9.28. The lowest BCUT2D eigenvalue weighted by atomic mass is 9.87. The Morgan fingerprint density at radius 1 is 1.00 bits per heavy atom. The van der Waals surface area contributed by atoms with Crippen molar-refractivity contribution in [3.8, 4) is 0 Å². The minimum absolute atomic E-state index is 0.0577. The third-order valence-corrected chi connectivity index (χ3v) is 7.15. The standard InChI is InChI=1S/C25H32N2O5S/c1-18(23(28)27-15-5-6-16-27)32-24(29)20-9-7-19(8-10-20)17-26-33(30,31)22-13-11-21(12-14-22)25(2,3)4/h7-14,18,26H,5-6,15-17H2,1-4H3. The fraction of sp³-hybridized carbons (Fsp3) is 0.440. The molecule has 1 unspecified atom stereocenters. The largest absolute Gasteiger partial charge is 0.449 e.